The average Bonchev–Trinajstić information content (AvgIpc) is 2.91. The molecule has 0 spiro atoms. The van der Waals surface area contributed by atoms with Crippen molar-refractivity contribution in [2.45, 2.75) is 32.0 Å². The Morgan fingerprint density at radius 3 is 2.32 bits per heavy atom. The number of halogens is 1. The van der Waals surface area contributed by atoms with Gasteiger partial charge in [-0.3, -0.25) is 24.2 Å². The van der Waals surface area contributed by atoms with Crippen LogP contribution in [0.15, 0.2) is 73.1 Å². The topological polar surface area (TPSA) is 120 Å². The zero-order chi connectivity index (χ0) is 27.2. The number of nitrogens with zero attached hydrogens (tertiary/aromatic N) is 3. The molecule has 2 unspecified atom stereocenters. The smallest absolute Gasteiger partial charge is 0.305 e. The first-order valence-electron chi connectivity index (χ1n) is 12.1. The number of nitrogens with one attached hydrogen (secondary N) is 1. The van der Waals surface area contributed by atoms with Gasteiger partial charge in [0.25, 0.3) is 17.7 Å². The van der Waals surface area contributed by atoms with E-state index >= 15 is 0 Å². The van der Waals surface area contributed by atoms with Crippen LogP contribution < -0.4 is 5.32 Å². The molecule has 196 valence electrons. The Hall–Kier alpha value is -4.60. The Bertz CT molecular complexity index is 1350. The third-order valence-corrected chi connectivity index (χ3v) is 6.26. The van der Waals surface area contributed by atoms with Gasteiger partial charge in [0.05, 0.1) is 18.0 Å². The number of aromatic nitrogens is 1. The maximum atomic E-state index is 13.9. The predicted octanol–water partition coefficient (Wildman–Crippen LogP) is 3.18. The third kappa shape index (κ3) is 6.03. The predicted molar refractivity (Wildman–Crippen MR) is 135 cm³/mol. The van der Waals surface area contributed by atoms with E-state index in [1.54, 1.807) is 30.3 Å². The number of carbonyl (C=O) groups is 4. The van der Waals surface area contributed by atoms with E-state index in [1.165, 1.54) is 40.4 Å². The molecule has 2 atom stereocenters. The molecule has 1 aliphatic rings. The molecule has 2 aromatic carbocycles. The largest absolute Gasteiger partial charge is 0.481 e. The van der Waals surface area contributed by atoms with E-state index in [-0.39, 0.29) is 24.2 Å². The molecule has 0 bridgehead atoms. The van der Waals surface area contributed by atoms with Crippen LogP contribution in [0.4, 0.5) is 4.39 Å². The summed E-state index contributed by atoms with van der Waals surface area (Å²) in [7, 11) is 0. The molecule has 1 fully saturated rings. The van der Waals surface area contributed by atoms with Crippen LogP contribution in [0, 0.1) is 12.7 Å². The molecule has 2 N–H and O–H groups in total. The van der Waals surface area contributed by atoms with Crippen LogP contribution in [-0.4, -0.2) is 62.8 Å². The lowest BCUT2D eigenvalue weighted by molar-refractivity contribution is -0.138. The molecule has 3 aromatic rings. The van der Waals surface area contributed by atoms with Crippen LogP contribution in [0.2, 0.25) is 0 Å². The van der Waals surface area contributed by atoms with Crippen molar-refractivity contribution in [3.63, 3.8) is 0 Å². The van der Waals surface area contributed by atoms with Gasteiger partial charge in [-0.05, 0) is 49.2 Å². The summed E-state index contributed by atoms with van der Waals surface area (Å²) in [5.41, 5.74) is 1.70. The van der Waals surface area contributed by atoms with Crippen LogP contribution in [-0.2, 0) is 9.59 Å². The van der Waals surface area contributed by atoms with Gasteiger partial charge in [-0.25, -0.2) is 4.39 Å². The van der Waals surface area contributed by atoms with Gasteiger partial charge in [0.15, 0.2) is 6.17 Å². The minimum absolute atomic E-state index is 0.0271. The minimum Gasteiger partial charge on any atom is -0.481 e. The highest BCUT2D eigenvalue weighted by atomic mass is 19.1. The van der Waals surface area contributed by atoms with Crippen molar-refractivity contribution >= 4 is 23.7 Å². The second-order valence-corrected chi connectivity index (χ2v) is 9.05. The minimum atomic E-state index is -1.40. The van der Waals surface area contributed by atoms with Crippen molar-refractivity contribution in [1.29, 1.82) is 0 Å². The van der Waals surface area contributed by atoms with Crippen molar-refractivity contribution in [2.75, 3.05) is 13.1 Å². The molecule has 9 nitrogen and oxygen atoms in total. The van der Waals surface area contributed by atoms with Crippen LogP contribution in [0.25, 0.3) is 0 Å². The molecule has 1 saturated heterocycles. The molecule has 0 saturated carbocycles. The summed E-state index contributed by atoms with van der Waals surface area (Å²) in [6, 6.07) is 14.4. The number of aliphatic carboxylic acids is 1. The lowest BCUT2D eigenvalue weighted by Gasteiger charge is -2.43. The Morgan fingerprint density at radius 2 is 1.68 bits per heavy atom. The fourth-order valence-corrected chi connectivity index (χ4v) is 4.53. The second-order valence-electron chi connectivity index (χ2n) is 9.05. The number of amides is 3. The first-order valence-corrected chi connectivity index (χ1v) is 12.1. The highest BCUT2D eigenvalue weighted by molar-refractivity contribution is 6.01. The Morgan fingerprint density at radius 1 is 1.00 bits per heavy atom. The van der Waals surface area contributed by atoms with Gasteiger partial charge in [-0.2, -0.15) is 0 Å². The van der Waals surface area contributed by atoms with Gasteiger partial charge in [-0.1, -0.05) is 35.9 Å². The normalized spacial score (nSPS) is 16.0. The molecule has 1 aromatic heterocycles. The molecule has 0 aliphatic carbocycles. The quantitative estimate of drug-likeness (QED) is 0.496. The van der Waals surface area contributed by atoms with Crippen molar-refractivity contribution in [2.24, 2.45) is 0 Å². The standard InChI is InChI=1S/C28H27FN4O5/c1-18-6-2-7-19(14-18)23(16-24(34)35)31-25(36)26-32(27(37)20-8-3-10-22(29)15-20)12-5-13-33(26)28(38)21-9-4-11-30-17-21/h2-4,6-11,14-15,17,23,26H,5,12-13,16H2,1H3,(H,31,36)(H,34,35). The Labute approximate surface area is 218 Å². The van der Waals surface area contributed by atoms with Crippen LogP contribution in [0.5, 0.6) is 0 Å². The molecule has 1 aliphatic heterocycles. The number of hydrogen-bond acceptors (Lipinski definition) is 5. The van der Waals surface area contributed by atoms with Crippen molar-refractivity contribution in [1.82, 2.24) is 20.1 Å². The molecule has 3 amide bonds. The fraction of sp³-hybridized carbons (Fsp3) is 0.250. The van der Waals surface area contributed by atoms with Gasteiger partial charge in [-0.15, -0.1) is 0 Å². The summed E-state index contributed by atoms with van der Waals surface area (Å²) < 4.78 is 13.9. The van der Waals surface area contributed by atoms with E-state index in [9.17, 15) is 28.7 Å². The number of carbonyl (C=O) groups excluding carboxylic acids is 3. The molecule has 38 heavy (non-hydrogen) atoms. The van der Waals surface area contributed by atoms with Gasteiger partial charge < -0.3 is 20.2 Å². The summed E-state index contributed by atoms with van der Waals surface area (Å²) in [4.78, 5) is 58.9. The molecule has 2 heterocycles. The Balaban J connectivity index is 1.72. The number of hydrogen-bond donors (Lipinski definition) is 2. The summed E-state index contributed by atoms with van der Waals surface area (Å²) in [5.74, 6) is -3.60. The molecule has 4 rings (SSSR count). The van der Waals surface area contributed by atoms with Crippen molar-refractivity contribution < 1.29 is 28.7 Å². The fourth-order valence-electron chi connectivity index (χ4n) is 4.53. The second kappa shape index (κ2) is 11.6. The van der Waals surface area contributed by atoms with E-state index in [2.05, 4.69) is 10.3 Å². The average molecular weight is 519 g/mol. The van der Waals surface area contributed by atoms with Crippen molar-refractivity contribution in [3.8, 4) is 0 Å². The zero-order valence-corrected chi connectivity index (χ0v) is 20.7. The summed E-state index contributed by atoms with van der Waals surface area (Å²) in [5, 5.41) is 12.3. The summed E-state index contributed by atoms with van der Waals surface area (Å²) in [6.45, 7) is 2.16. The van der Waals surface area contributed by atoms with Crippen LogP contribution in [0.3, 0.4) is 0 Å². The first kappa shape index (κ1) is 26.5. The number of aryl methyl sites for hydroxylation is 1. The molecule has 10 heteroatoms. The molecule has 0 radical (unpaired) electrons. The van der Waals surface area contributed by atoms with E-state index in [4.69, 9.17) is 0 Å². The van der Waals surface area contributed by atoms with E-state index in [1.807, 2.05) is 13.0 Å². The van der Waals surface area contributed by atoms with E-state index < -0.39 is 48.1 Å². The lowest BCUT2D eigenvalue weighted by Crippen LogP contribution is -2.63. The van der Waals surface area contributed by atoms with Gasteiger partial charge in [0.2, 0.25) is 0 Å². The number of pyridine rings is 1. The van der Waals surface area contributed by atoms with E-state index in [0.717, 1.165) is 11.6 Å². The van der Waals surface area contributed by atoms with Gasteiger partial charge in [0, 0.05) is 31.0 Å². The molecular weight excluding hydrogens is 491 g/mol. The zero-order valence-electron chi connectivity index (χ0n) is 20.7. The number of benzene rings is 2. The monoisotopic (exact) mass is 518 g/mol. The lowest BCUT2D eigenvalue weighted by atomic mass is 10.0. The van der Waals surface area contributed by atoms with Gasteiger partial charge in [0.1, 0.15) is 5.82 Å². The maximum Gasteiger partial charge on any atom is 0.305 e. The number of carboxylic acid groups (broad SMARTS) is 1. The molecular formula is C28H27FN4O5. The maximum absolute atomic E-state index is 13.9. The van der Waals surface area contributed by atoms with Crippen LogP contribution >= 0.6 is 0 Å². The van der Waals surface area contributed by atoms with Crippen molar-refractivity contribution in [3.05, 3.63) is 101 Å². The number of carboxylic acids is 1. The highest BCUT2D eigenvalue weighted by Gasteiger charge is 2.41. The SMILES string of the molecule is Cc1cccc(C(CC(=O)O)NC(=O)C2N(C(=O)c3cccnc3)CCCN2C(=O)c2cccc(F)c2)c1. The highest BCUT2D eigenvalue weighted by Crippen LogP contribution is 2.24. The first-order chi connectivity index (χ1) is 18.2. The third-order valence-electron chi connectivity index (χ3n) is 6.26. The summed E-state index contributed by atoms with van der Waals surface area (Å²) in [6.07, 6.45) is 1.46. The van der Waals surface area contributed by atoms with Gasteiger partial charge >= 0.3 is 5.97 Å². The summed E-state index contributed by atoms with van der Waals surface area (Å²) >= 11 is 0. The van der Waals surface area contributed by atoms with Crippen LogP contribution in [0.1, 0.15) is 50.7 Å². The Kier molecular flexibility index (Phi) is 8.10. The van der Waals surface area contributed by atoms with E-state index in [0.29, 0.717) is 12.0 Å². The number of rotatable bonds is 7.